The van der Waals surface area contributed by atoms with Crippen LogP contribution in [0.2, 0.25) is 0 Å². The van der Waals surface area contributed by atoms with Crippen molar-refractivity contribution < 1.29 is 4.58 Å². The van der Waals surface area contributed by atoms with Gasteiger partial charge in [0.25, 0.3) is 0 Å². The van der Waals surface area contributed by atoms with Crippen LogP contribution in [0.4, 0.5) is 11.4 Å². The van der Waals surface area contributed by atoms with Crippen LogP contribution in [-0.4, -0.2) is 23.4 Å². The van der Waals surface area contributed by atoms with Gasteiger partial charge in [0.2, 0.25) is 5.69 Å². The first kappa shape index (κ1) is 35.1. The maximum absolute atomic E-state index is 3.72. The van der Waals surface area contributed by atoms with Crippen molar-refractivity contribution in [2.75, 3.05) is 18.0 Å². The summed E-state index contributed by atoms with van der Waals surface area (Å²) in [5.74, 6) is 0. The molecule has 250 valence electrons. The number of hydrogen-bond acceptors (Lipinski definition) is 1. The van der Waals surface area contributed by atoms with Crippen LogP contribution in [-0.2, 0) is 23.7 Å². The van der Waals surface area contributed by atoms with E-state index in [2.05, 4.69) is 209 Å². The van der Waals surface area contributed by atoms with Crippen LogP contribution in [0.1, 0.15) is 62.8 Å². The second-order valence-corrected chi connectivity index (χ2v) is 16.0. The van der Waals surface area contributed by atoms with Crippen LogP contribution >= 0.6 is 31.9 Å². The molecule has 0 amide bonds. The number of fused-ring (bicyclic) bond motifs is 2. The Morgan fingerprint density at radius 3 is 1.92 bits per heavy atom. The largest absolute Gasteiger partial charge is 0.344 e. The van der Waals surface area contributed by atoms with Crippen molar-refractivity contribution >= 4 is 48.9 Å². The first-order chi connectivity index (χ1) is 23.7. The van der Waals surface area contributed by atoms with Gasteiger partial charge >= 0.3 is 0 Å². The Bertz CT molecular complexity index is 1930. The van der Waals surface area contributed by atoms with E-state index >= 15 is 0 Å². The van der Waals surface area contributed by atoms with E-state index in [0.29, 0.717) is 0 Å². The third-order valence-corrected chi connectivity index (χ3v) is 11.0. The molecule has 0 bridgehead atoms. The summed E-state index contributed by atoms with van der Waals surface area (Å²) < 4.78 is 4.78. The summed E-state index contributed by atoms with van der Waals surface area (Å²) in [6.45, 7) is 11.3. The molecule has 0 fully saturated rings. The number of rotatable bonds is 12. The zero-order valence-corrected chi connectivity index (χ0v) is 32.3. The molecule has 0 aliphatic carbocycles. The number of hydrogen-bond donors (Lipinski definition) is 0. The molecule has 2 nitrogen and oxygen atoms in total. The smallest absolute Gasteiger partial charge is 0.209 e. The number of halogens is 2. The van der Waals surface area contributed by atoms with Crippen LogP contribution in [0, 0.1) is 0 Å². The lowest BCUT2D eigenvalue weighted by molar-refractivity contribution is -0.438. The first-order valence-electron chi connectivity index (χ1n) is 17.5. The summed E-state index contributed by atoms with van der Waals surface area (Å²) in [4.78, 5) is 2.53. The molecule has 0 atom stereocenters. The summed E-state index contributed by atoms with van der Waals surface area (Å²) in [5, 5.41) is 0. The van der Waals surface area contributed by atoms with Crippen LogP contribution in [0.15, 0.2) is 154 Å². The van der Waals surface area contributed by atoms with Gasteiger partial charge in [-0.1, -0.05) is 137 Å². The highest BCUT2D eigenvalue weighted by molar-refractivity contribution is 9.10. The minimum Gasteiger partial charge on any atom is -0.344 e. The van der Waals surface area contributed by atoms with Crippen molar-refractivity contribution in [3.8, 4) is 0 Å². The molecule has 4 heteroatoms. The summed E-state index contributed by atoms with van der Waals surface area (Å²) in [6.07, 6.45) is 19.8. The third-order valence-electron chi connectivity index (χ3n) is 10.0. The second-order valence-electron chi connectivity index (χ2n) is 14.1. The van der Waals surface area contributed by atoms with Crippen molar-refractivity contribution in [1.29, 1.82) is 0 Å². The molecule has 0 N–H and O–H groups in total. The number of anilines is 1. The molecule has 6 rings (SSSR count). The van der Waals surface area contributed by atoms with E-state index in [4.69, 9.17) is 0 Å². The van der Waals surface area contributed by atoms with E-state index in [1.807, 2.05) is 0 Å². The topological polar surface area (TPSA) is 6.25 Å². The van der Waals surface area contributed by atoms with Gasteiger partial charge in [-0.3, -0.25) is 0 Å². The number of nitrogens with zero attached hydrogens (tertiary/aromatic N) is 2. The second kappa shape index (κ2) is 15.4. The zero-order valence-electron chi connectivity index (χ0n) is 29.2. The minimum atomic E-state index is -0.0848. The summed E-state index contributed by atoms with van der Waals surface area (Å²) in [6, 6.07) is 35.1. The number of benzene rings is 4. The van der Waals surface area contributed by atoms with E-state index in [0.717, 1.165) is 47.7 Å². The lowest BCUT2D eigenvalue weighted by atomic mass is 9.81. The molecular weight excluding hydrogens is 728 g/mol. The Morgan fingerprint density at radius 1 is 0.633 bits per heavy atom. The van der Waals surface area contributed by atoms with Gasteiger partial charge in [-0.15, -0.1) is 0 Å². The van der Waals surface area contributed by atoms with Crippen LogP contribution in [0.5, 0.6) is 0 Å². The van der Waals surface area contributed by atoms with E-state index in [-0.39, 0.29) is 10.8 Å². The normalized spacial score (nSPS) is 17.3. The molecule has 4 aromatic carbocycles. The van der Waals surface area contributed by atoms with Gasteiger partial charge in [-0.2, -0.15) is 4.58 Å². The van der Waals surface area contributed by atoms with Crippen LogP contribution in [0.25, 0.3) is 0 Å². The summed E-state index contributed by atoms with van der Waals surface area (Å²) in [7, 11) is 0. The molecule has 0 saturated heterocycles. The lowest BCUT2D eigenvalue weighted by Crippen LogP contribution is -2.28. The monoisotopic (exact) mass is 773 g/mol. The fraction of sp³-hybridized carbons (Fsp3) is 0.267. The molecule has 0 unspecified atom stereocenters. The Balaban J connectivity index is 1.18. The molecule has 2 aliphatic rings. The fourth-order valence-electron chi connectivity index (χ4n) is 7.43. The van der Waals surface area contributed by atoms with E-state index in [9.17, 15) is 0 Å². The quantitative estimate of drug-likeness (QED) is 0.103. The molecule has 0 aromatic heterocycles. The molecule has 0 saturated carbocycles. The standard InChI is InChI=1S/C45H47Br2N2/c1-44(2)38-32-36(46)26-28-40(38)48(30-16-22-34-18-10-8-11-19-34)42(44)24-14-6-5-7-15-25-43-45(3,4)39-33-37(47)27-29-41(39)49(43)31-17-23-35-20-12-9-13-21-35/h5-15,18-21,24-29,32-33H,16-17,22-23,30-31H2,1-4H3/q+1. The molecule has 49 heavy (non-hydrogen) atoms. The van der Waals surface area contributed by atoms with Gasteiger partial charge in [0, 0.05) is 56.4 Å². The average molecular weight is 776 g/mol. The molecular formula is C45H47Br2N2+. The van der Waals surface area contributed by atoms with Crippen molar-refractivity contribution in [2.45, 2.75) is 64.2 Å². The highest BCUT2D eigenvalue weighted by Crippen LogP contribution is 2.48. The first-order valence-corrected chi connectivity index (χ1v) is 19.1. The van der Waals surface area contributed by atoms with E-state index < -0.39 is 0 Å². The van der Waals surface area contributed by atoms with Crippen molar-refractivity contribution in [3.63, 3.8) is 0 Å². The third kappa shape index (κ3) is 7.87. The van der Waals surface area contributed by atoms with E-state index in [1.54, 1.807) is 0 Å². The van der Waals surface area contributed by atoms with Gasteiger partial charge in [-0.25, -0.2) is 0 Å². The van der Waals surface area contributed by atoms with Crippen LogP contribution in [0.3, 0.4) is 0 Å². The summed E-state index contributed by atoms with van der Waals surface area (Å²) in [5.41, 5.74) is 10.7. The molecule has 0 spiro atoms. The number of aryl methyl sites for hydroxylation is 2. The Hall–Kier alpha value is -3.73. The fourth-order valence-corrected chi connectivity index (χ4v) is 8.16. The maximum Gasteiger partial charge on any atom is 0.209 e. The van der Waals surface area contributed by atoms with Gasteiger partial charge in [0.05, 0.1) is 5.41 Å². The zero-order chi connectivity index (χ0) is 34.4. The average Bonchev–Trinajstić information content (AvgIpc) is 3.43. The van der Waals surface area contributed by atoms with Gasteiger partial charge in [0.1, 0.15) is 6.54 Å². The predicted molar refractivity (Wildman–Crippen MR) is 217 cm³/mol. The van der Waals surface area contributed by atoms with Crippen LogP contribution < -0.4 is 4.90 Å². The molecule has 0 radical (unpaired) electrons. The van der Waals surface area contributed by atoms with Gasteiger partial charge < -0.3 is 4.90 Å². The van der Waals surface area contributed by atoms with Crippen molar-refractivity contribution in [1.82, 2.24) is 0 Å². The Kier molecular flexibility index (Phi) is 11.1. The highest BCUT2D eigenvalue weighted by Gasteiger charge is 2.44. The SMILES string of the molecule is CC1(C)C(/C=C/C=C/C=C/C=C2/N(CCCc3ccccc3)c3ccc(Br)cc3C2(C)C)=[N+](CCCc2ccccc2)c2ccc(Br)cc21. The minimum absolute atomic E-state index is 0.0848. The van der Waals surface area contributed by atoms with Crippen molar-refractivity contribution in [3.05, 3.63) is 176 Å². The summed E-state index contributed by atoms with van der Waals surface area (Å²) >= 11 is 7.44. The lowest BCUT2D eigenvalue weighted by Gasteiger charge is -2.27. The number of allylic oxidation sites excluding steroid dienone is 8. The highest BCUT2D eigenvalue weighted by atomic mass is 79.9. The van der Waals surface area contributed by atoms with Gasteiger partial charge in [-0.05, 0) is 86.2 Å². The predicted octanol–water partition coefficient (Wildman–Crippen LogP) is 12.2. The van der Waals surface area contributed by atoms with E-state index in [1.165, 1.54) is 45.0 Å². The molecule has 2 heterocycles. The Labute approximate surface area is 310 Å². The molecule has 4 aromatic rings. The Morgan fingerprint density at radius 2 is 1.22 bits per heavy atom. The maximum atomic E-state index is 3.72. The van der Waals surface area contributed by atoms with Gasteiger partial charge in [0.15, 0.2) is 5.71 Å². The molecule has 2 aliphatic heterocycles. The van der Waals surface area contributed by atoms with Crippen molar-refractivity contribution in [2.24, 2.45) is 0 Å².